The standard InChI is InChI=1S/C12H16N4OS/c1-13-6-9-7-17-4-3-16(9)11-10-2-5-18-12(10)15-8-14-11/h2,5,8-9,13H,3-4,6-7H2,1H3. The van der Waals surface area contributed by atoms with E-state index in [-0.39, 0.29) is 0 Å². The summed E-state index contributed by atoms with van der Waals surface area (Å²) >= 11 is 1.66. The van der Waals surface area contributed by atoms with Gasteiger partial charge in [-0.25, -0.2) is 9.97 Å². The van der Waals surface area contributed by atoms with Crippen molar-refractivity contribution in [3.8, 4) is 0 Å². The van der Waals surface area contributed by atoms with Crippen molar-refractivity contribution in [1.29, 1.82) is 0 Å². The summed E-state index contributed by atoms with van der Waals surface area (Å²) in [6.07, 6.45) is 1.65. The summed E-state index contributed by atoms with van der Waals surface area (Å²) in [5.74, 6) is 1.03. The van der Waals surface area contributed by atoms with Gasteiger partial charge in [-0.1, -0.05) is 0 Å². The Labute approximate surface area is 110 Å². The van der Waals surface area contributed by atoms with Crippen molar-refractivity contribution >= 4 is 27.4 Å². The van der Waals surface area contributed by atoms with Gasteiger partial charge < -0.3 is 15.0 Å². The summed E-state index contributed by atoms with van der Waals surface area (Å²) in [5, 5.41) is 6.43. The lowest BCUT2D eigenvalue weighted by molar-refractivity contribution is 0.0941. The van der Waals surface area contributed by atoms with Gasteiger partial charge in [-0.3, -0.25) is 0 Å². The molecule has 2 aromatic rings. The molecule has 0 aliphatic carbocycles. The van der Waals surface area contributed by atoms with Crippen LogP contribution in [0.1, 0.15) is 0 Å². The first-order valence-electron chi connectivity index (χ1n) is 6.07. The van der Waals surface area contributed by atoms with Crippen molar-refractivity contribution in [3.63, 3.8) is 0 Å². The number of anilines is 1. The molecule has 5 nitrogen and oxygen atoms in total. The van der Waals surface area contributed by atoms with Crippen molar-refractivity contribution in [1.82, 2.24) is 15.3 Å². The second-order valence-electron chi connectivity index (χ2n) is 4.32. The van der Waals surface area contributed by atoms with E-state index in [1.807, 2.05) is 7.05 Å². The Morgan fingerprint density at radius 1 is 1.56 bits per heavy atom. The maximum atomic E-state index is 5.56. The van der Waals surface area contributed by atoms with Gasteiger partial charge in [0.25, 0.3) is 0 Å². The molecule has 2 aromatic heterocycles. The first-order chi connectivity index (χ1) is 8.90. The molecule has 1 aliphatic heterocycles. The first-order valence-corrected chi connectivity index (χ1v) is 6.95. The van der Waals surface area contributed by atoms with E-state index < -0.39 is 0 Å². The number of rotatable bonds is 3. The summed E-state index contributed by atoms with van der Waals surface area (Å²) < 4.78 is 5.56. The van der Waals surface area contributed by atoms with Gasteiger partial charge in [-0.15, -0.1) is 11.3 Å². The fourth-order valence-corrected chi connectivity index (χ4v) is 3.07. The number of likely N-dealkylation sites (N-methyl/N-ethyl adjacent to an activating group) is 1. The van der Waals surface area contributed by atoms with E-state index in [0.29, 0.717) is 6.04 Å². The third kappa shape index (κ3) is 2.07. The molecule has 3 rings (SSSR count). The number of fused-ring (bicyclic) bond motifs is 1. The second-order valence-corrected chi connectivity index (χ2v) is 5.21. The van der Waals surface area contributed by atoms with Crippen LogP contribution in [0.3, 0.4) is 0 Å². The van der Waals surface area contributed by atoms with Crippen molar-refractivity contribution in [2.75, 3.05) is 38.3 Å². The molecule has 18 heavy (non-hydrogen) atoms. The number of morpholine rings is 1. The molecule has 1 saturated heterocycles. The molecule has 1 fully saturated rings. The highest BCUT2D eigenvalue weighted by Crippen LogP contribution is 2.28. The summed E-state index contributed by atoms with van der Waals surface area (Å²) in [5.41, 5.74) is 0. The van der Waals surface area contributed by atoms with Gasteiger partial charge >= 0.3 is 0 Å². The Morgan fingerprint density at radius 2 is 2.50 bits per heavy atom. The van der Waals surface area contributed by atoms with Gasteiger partial charge in [0, 0.05) is 13.1 Å². The number of thiophene rings is 1. The normalized spacial score (nSPS) is 20.5. The maximum absolute atomic E-state index is 5.56. The van der Waals surface area contributed by atoms with Crippen LogP contribution in [0.5, 0.6) is 0 Å². The molecule has 0 bridgehead atoms. The molecular weight excluding hydrogens is 248 g/mol. The average molecular weight is 264 g/mol. The summed E-state index contributed by atoms with van der Waals surface area (Å²) in [4.78, 5) is 12.2. The van der Waals surface area contributed by atoms with Gasteiger partial charge in [0.1, 0.15) is 17.0 Å². The smallest absolute Gasteiger partial charge is 0.141 e. The quantitative estimate of drug-likeness (QED) is 0.900. The maximum Gasteiger partial charge on any atom is 0.141 e. The highest BCUT2D eigenvalue weighted by Gasteiger charge is 2.25. The minimum atomic E-state index is 0.335. The number of nitrogens with zero attached hydrogens (tertiary/aromatic N) is 3. The molecule has 0 saturated carbocycles. The molecular formula is C12H16N4OS. The van der Waals surface area contributed by atoms with Crippen LogP contribution in [-0.2, 0) is 4.74 Å². The largest absolute Gasteiger partial charge is 0.377 e. The molecule has 3 heterocycles. The Morgan fingerprint density at radius 3 is 3.39 bits per heavy atom. The fraction of sp³-hybridized carbons (Fsp3) is 0.500. The zero-order valence-corrected chi connectivity index (χ0v) is 11.1. The zero-order chi connectivity index (χ0) is 12.4. The monoisotopic (exact) mass is 264 g/mol. The molecule has 0 amide bonds. The number of ether oxygens (including phenoxy) is 1. The van der Waals surface area contributed by atoms with Crippen LogP contribution in [0.25, 0.3) is 10.2 Å². The lowest BCUT2D eigenvalue weighted by Gasteiger charge is -2.36. The molecule has 0 spiro atoms. The van der Waals surface area contributed by atoms with Crippen LogP contribution in [0.2, 0.25) is 0 Å². The third-order valence-electron chi connectivity index (χ3n) is 3.18. The highest BCUT2D eigenvalue weighted by molar-refractivity contribution is 7.16. The third-order valence-corrected chi connectivity index (χ3v) is 4.00. The topological polar surface area (TPSA) is 50.3 Å². The van der Waals surface area contributed by atoms with Crippen LogP contribution in [-0.4, -0.2) is 49.4 Å². The van der Waals surface area contributed by atoms with Crippen LogP contribution in [0, 0.1) is 0 Å². The minimum absolute atomic E-state index is 0.335. The predicted octanol–water partition coefficient (Wildman–Crippen LogP) is 1.12. The van der Waals surface area contributed by atoms with E-state index in [9.17, 15) is 0 Å². The van der Waals surface area contributed by atoms with Crippen molar-refractivity contribution in [3.05, 3.63) is 17.8 Å². The van der Waals surface area contributed by atoms with Crippen LogP contribution < -0.4 is 10.2 Å². The Balaban J connectivity index is 1.98. The molecule has 1 unspecified atom stereocenters. The fourth-order valence-electron chi connectivity index (χ4n) is 2.34. The predicted molar refractivity (Wildman–Crippen MR) is 73.3 cm³/mol. The average Bonchev–Trinajstić information content (AvgIpc) is 2.88. The summed E-state index contributed by atoms with van der Waals surface area (Å²) in [7, 11) is 1.97. The number of hydrogen-bond donors (Lipinski definition) is 1. The summed E-state index contributed by atoms with van der Waals surface area (Å²) in [6, 6.07) is 2.43. The lowest BCUT2D eigenvalue weighted by atomic mass is 10.2. The van der Waals surface area contributed by atoms with Gasteiger partial charge in [0.2, 0.25) is 0 Å². The SMILES string of the molecule is CNCC1COCCN1c1ncnc2sccc12. The van der Waals surface area contributed by atoms with Gasteiger partial charge in [-0.2, -0.15) is 0 Å². The lowest BCUT2D eigenvalue weighted by Crippen LogP contribution is -2.50. The van der Waals surface area contributed by atoms with E-state index in [4.69, 9.17) is 4.74 Å². The molecule has 0 radical (unpaired) electrons. The number of nitrogens with one attached hydrogen (secondary N) is 1. The van der Waals surface area contributed by atoms with Crippen molar-refractivity contribution in [2.24, 2.45) is 0 Å². The van der Waals surface area contributed by atoms with Crippen molar-refractivity contribution in [2.45, 2.75) is 6.04 Å². The van der Waals surface area contributed by atoms with E-state index in [1.165, 1.54) is 0 Å². The Hall–Kier alpha value is -1.24. The number of hydrogen-bond acceptors (Lipinski definition) is 6. The van der Waals surface area contributed by atoms with Crippen LogP contribution in [0.4, 0.5) is 5.82 Å². The van der Waals surface area contributed by atoms with E-state index >= 15 is 0 Å². The second kappa shape index (κ2) is 5.17. The van der Waals surface area contributed by atoms with Crippen LogP contribution >= 0.6 is 11.3 Å². The molecule has 96 valence electrons. The van der Waals surface area contributed by atoms with E-state index in [2.05, 4.69) is 31.6 Å². The molecule has 6 heteroatoms. The van der Waals surface area contributed by atoms with E-state index in [1.54, 1.807) is 17.7 Å². The first kappa shape index (κ1) is 11.8. The molecule has 1 atom stereocenters. The zero-order valence-electron chi connectivity index (χ0n) is 10.3. The van der Waals surface area contributed by atoms with Crippen molar-refractivity contribution < 1.29 is 4.74 Å². The van der Waals surface area contributed by atoms with Crippen LogP contribution in [0.15, 0.2) is 17.8 Å². The van der Waals surface area contributed by atoms with Gasteiger partial charge in [-0.05, 0) is 18.5 Å². The summed E-state index contributed by atoms with van der Waals surface area (Å²) in [6.45, 7) is 3.29. The minimum Gasteiger partial charge on any atom is -0.377 e. The highest BCUT2D eigenvalue weighted by atomic mass is 32.1. The molecule has 1 aliphatic rings. The van der Waals surface area contributed by atoms with Gasteiger partial charge in [0.15, 0.2) is 0 Å². The van der Waals surface area contributed by atoms with Gasteiger partial charge in [0.05, 0.1) is 24.6 Å². The number of aromatic nitrogens is 2. The Bertz CT molecular complexity index is 528. The molecule has 1 N–H and O–H groups in total. The van der Waals surface area contributed by atoms with E-state index in [0.717, 1.165) is 42.3 Å². The molecule has 0 aromatic carbocycles. The Kier molecular flexibility index (Phi) is 3.40.